The summed E-state index contributed by atoms with van der Waals surface area (Å²) in [6, 6.07) is 8.45. The van der Waals surface area contributed by atoms with Crippen molar-refractivity contribution in [2.24, 2.45) is 0 Å². The fraction of sp³-hybridized carbons (Fsp3) is 0.176. The summed E-state index contributed by atoms with van der Waals surface area (Å²) in [5.41, 5.74) is 0.283. The van der Waals surface area contributed by atoms with Crippen LogP contribution in [0.3, 0.4) is 0 Å². The normalized spacial score (nSPS) is 12.3. The number of aliphatic carboxylic acids is 1. The van der Waals surface area contributed by atoms with Gasteiger partial charge < -0.3 is 10.4 Å². The van der Waals surface area contributed by atoms with Crippen molar-refractivity contribution in [1.29, 1.82) is 0 Å². The second kappa shape index (κ2) is 7.52. The highest BCUT2D eigenvalue weighted by Crippen LogP contribution is 2.27. The number of carboxylic acids is 1. The molecule has 9 heteroatoms. The highest BCUT2D eigenvalue weighted by atomic mass is 32.2. The van der Waals surface area contributed by atoms with E-state index in [-0.39, 0.29) is 16.5 Å². The van der Waals surface area contributed by atoms with Crippen molar-refractivity contribution in [3.63, 3.8) is 0 Å². The molecular weight excluding hydrogens is 363 g/mol. The van der Waals surface area contributed by atoms with Gasteiger partial charge in [0.05, 0.1) is 10.6 Å². The molecule has 0 heterocycles. The maximum Gasteiger partial charge on any atom is 0.327 e. The number of nitrogens with zero attached hydrogens (tertiary/aromatic N) is 1. The quantitative estimate of drug-likeness (QED) is 0.801. The first-order valence-electron chi connectivity index (χ1n) is 7.53. The maximum atomic E-state index is 13.5. The van der Waals surface area contributed by atoms with Gasteiger partial charge in [-0.25, -0.2) is 17.6 Å². The highest BCUT2D eigenvalue weighted by molar-refractivity contribution is 7.92. The molecule has 26 heavy (non-hydrogen) atoms. The summed E-state index contributed by atoms with van der Waals surface area (Å²) >= 11 is 0. The minimum atomic E-state index is -4.29. The van der Waals surface area contributed by atoms with E-state index in [9.17, 15) is 27.5 Å². The zero-order valence-electron chi connectivity index (χ0n) is 14.0. The molecule has 0 aliphatic carbocycles. The molecule has 0 radical (unpaired) electrons. The Bertz CT molecular complexity index is 928. The van der Waals surface area contributed by atoms with E-state index in [1.54, 1.807) is 0 Å². The summed E-state index contributed by atoms with van der Waals surface area (Å²) in [4.78, 5) is 22.3. The largest absolute Gasteiger partial charge is 0.480 e. The summed E-state index contributed by atoms with van der Waals surface area (Å²) < 4.78 is 40.1. The van der Waals surface area contributed by atoms with Gasteiger partial charge in [-0.1, -0.05) is 6.07 Å². The molecule has 2 aromatic carbocycles. The van der Waals surface area contributed by atoms with Crippen LogP contribution in [0.5, 0.6) is 0 Å². The number of carboxylic acid groups (broad SMARTS) is 1. The van der Waals surface area contributed by atoms with Gasteiger partial charge in [0.15, 0.2) is 0 Å². The molecule has 0 saturated heterocycles. The van der Waals surface area contributed by atoms with Gasteiger partial charge in [0, 0.05) is 12.6 Å². The first kappa shape index (κ1) is 19.4. The van der Waals surface area contributed by atoms with Gasteiger partial charge in [-0.05, 0) is 49.4 Å². The summed E-state index contributed by atoms with van der Waals surface area (Å²) in [6.07, 6.45) is 0. The van der Waals surface area contributed by atoms with E-state index in [0.717, 1.165) is 12.1 Å². The Morgan fingerprint density at radius 3 is 2.27 bits per heavy atom. The minimum Gasteiger partial charge on any atom is -0.480 e. The third-order valence-electron chi connectivity index (χ3n) is 3.50. The minimum absolute atomic E-state index is 0.106. The van der Waals surface area contributed by atoms with Crippen LogP contribution in [0.2, 0.25) is 0 Å². The van der Waals surface area contributed by atoms with E-state index in [1.807, 2.05) is 0 Å². The van der Waals surface area contributed by atoms with Crippen molar-refractivity contribution in [1.82, 2.24) is 0 Å². The molecule has 1 unspecified atom stereocenters. The molecule has 2 aromatic rings. The third-order valence-corrected chi connectivity index (χ3v) is 5.42. The fourth-order valence-corrected chi connectivity index (χ4v) is 3.92. The molecular formula is C17H17FN2O5S. The summed E-state index contributed by atoms with van der Waals surface area (Å²) in [6.45, 7) is 2.50. The smallest absolute Gasteiger partial charge is 0.327 e. The lowest BCUT2D eigenvalue weighted by Crippen LogP contribution is -2.43. The number of halogens is 1. The van der Waals surface area contributed by atoms with E-state index in [2.05, 4.69) is 5.32 Å². The van der Waals surface area contributed by atoms with Crippen LogP contribution in [0.15, 0.2) is 53.4 Å². The van der Waals surface area contributed by atoms with E-state index in [0.29, 0.717) is 9.99 Å². The predicted octanol–water partition coefficient (Wildman–Crippen LogP) is 2.45. The zero-order valence-corrected chi connectivity index (χ0v) is 14.8. The Balaban J connectivity index is 2.52. The predicted molar refractivity (Wildman–Crippen MR) is 93.9 cm³/mol. The molecule has 2 N–H and O–H groups in total. The van der Waals surface area contributed by atoms with Crippen molar-refractivity contribution in [2.75, 3.05) is 9.62 Å². The van der Waals surface area contributed by atoms with Gasteiger partial charge in [-0.3, -0.25) is 9.10 Å². The van der Waals surface area contributed by atoms with Crippen LogP contribution in [-0.4, -0.2) is 31.4 Å². The van der Waals surface area contributed by atoms with Crippen molar-refractivity contribution in [3.05, 3.63) is 54.3 Å². The number of hydrogen-bond acceptors (Lipinski definition) is 4. The second-order valence-corrected chi connectivity index (χ2v) is 7.32. The van der Waals surface area contributed by atoms with Crippen molar-refractivity contribution < 1.29 is 27.5 Å². The molecule has 0 aliphatic rings. The lowest BCUT2D eigenvalue weighted by molar-refractivity contribution is -0.137. The molecule has 0 aliphatic heterocycles. The number of nitrogens with one attached hydrogen (secondary N) is 1. The average molecular weight is 380 g/mol. The average Bonchev–Trinajstić information content (AvgIpc) is 2.54. The standard InChI is InChI=1S/C17H17FN2O5S/c1-11(17(22)23)20(15-5-3-4-13(18)10-15)26(24,25)16-8-6-14(7-9-16)19-12(2)21/h3-11H,1-2H3,(H,19,21)(H,22,23). The van der Waals surface area contributed by atoms with Crippen LogP contribution >= 0.6 is 0 Å². The number of anilines is 2. The molecule has 0 bridgehead atoms. The number of hydrogen-bond donors (Lipinski definition) is 2. The van der Waals surface area contributed by atoms with Crippen LogP contribution in [0.25, 0.3) is 0 Å². The van der Waals surface area contributed by atoms with Crippen molar-refractivity contribution >= 4 is 33.3 Å². The highest BCUT2D eigenvalue weighted by Gasteiger charge is 2.33. The SMILES string of the molecule is CC(=O)Nc1ccc(S(=O)(=O)N(c2cccc(F)c2)C(C)C(=O)O)cc1. The molecule has 0 saturated carbocycles. The van der Waals surface area contributed by atoms with Gasteiger partial charge in [-0.2, -0.15) is 0 Å². The van der Waals surface area contributed by atoms with Crippen LogP contribution in [0.4, 0.5) is 15.8 Å². The molecule has 1 atom stereocenters. The first-order valence-corrected chi connectivity index (χ1v) is 8.97. The van der Waals surface area contributed by atoms with Gasteiger partial charge in [-0.15, -0.1) is 0 Å². The zero-order chi connectivity index (χ0) is 19.5. The second-order valence-electron chi connectivity index (χ2n) is 5.50. The Morgan fingerprint density at radius 1 is 1.15 bits per heavy atom. The van der Waals surface area contributed by atoms with Gasteiger partial charge in [0.1, 0.15) is 11.9 Å². The van der Waals surface area contributed by atoms with Crippen LogP contribution < -0.4 is 9.62 Å². The van der Waals surface area contributed by atoms with Gasteiger partial charge in [0.2, 0.25) is 5.91 Å². The van der Waals surface area contributed by atoms with E-state index >= 15 is 0 Å². The summed E-state index contributed by atoms with van der Waals surface area (Å²) in [5, 5.41) is 11.8. The van der Waals surface area contributed by atoms with E-state index < -0.39 is 27.9 Å². The van der Waals surface area contributed by atoms with Crippen LogP contribution in [0.1, 0.15) is 13.8 Å². The fourth-order valence-electron chi connectivity index (χ4n) is 2.31. The maximum absolute atomic E-state index is 13.5. The molecule has 0 aromatic heterocycles. The topological polar surface area (TPSA) is 104 Å². The molecule has 2 rings (SSSR count). The summed E-state index contributed by atoms with van der Waals surface area (Å²) in [5.74, 6) is -2.39. The van der Waals surface area contributed by atoms with E-state index in [1.165, 1.54) is 50.2 Å². The number of amides is 1. The number of carbonyl (C=O) groups excluding carboxylic acids is 1. The van der Waals surface area contributed by atoms with E-state index in [4.69, 9.17) is 0 Å². The Labute approximate surface area is 150 Å². The lowest BCUT2D eigenvalue weighted by Gasteiger charge is -2.28. The Hall–Kier alpha value is -2.94. The third kappa shape index (κ3) is 4.17. The number of benzene rings is 2. The molecule has 1 amide bonds. The van der Waals surface area contributed by atoms with Gasteiger partial charge >= 0.3 is 5.97 Å². The Kier molecular flexibility index (Phi) is 5.61. The molecule has 7 nitrogen and oxygen atoms in total. The first-order chi connectivity index (χ1) is 12.1. The van der Waals surface area contributed by atoms with Gasteiger partial charge in [0.25, 0.3) is 10.0 Å². The monoisotopic (exact) mass is 380 g/mol. The van der Waals surface area contributed by atoms with Crippen LogP contribution in [-0.2, 0) is 19.6 Å². The molecule has 0 fully saturated rings. The number of sulfonamides is 1. The van der Waals surface area contributed by atoms with Crippen molar-refractivity contribution in [3.8, 4) is 0 Å². The molecule has 138 valence electrons. The number of carbonyl (C=O) groups is 2. The lowest BCUT2D eigenvalue weighted by atomic mass is 10.2. The molecule has 0 spiro atoms. The van der Waals surface area contributed by atoms with Crippen LogP contribution in [0, 0.1) is 5.82 Å². The van der Waals surface area contributed by atoms with Crippen molar-refractivity contribution in [2.45, 2.75) is 24.8 Å². The number of rotatable bonds is 6. The Morgan fingerprint density at radius 2 is 1.77 bits per heavy atom. The summed E-state index contributed by atoms with van der Waals surface area (Å²) in [7, 11) is -4.29.